The Balaban J connectivity index is 1.98. The Morgan fingerprint density at radius 3 is 2.33 bits per heavy atom. The van der Waals surface area contributed by atoms with Gasteiger partial charge in [-0.2, -0.15) is 0 Å². The maximum absolute atomic E-state index is 13.0. The largest absolute Gasteiger partial charge is 0.497 e. The molecule has 2 aromatic carbocycles. The Morgan fingerprint density at radius 1 is 0.917 bits per heavy atom. The van der Waals surface area contributed by atoms with E-state index in [9.17, 15) is 9.59 Å². The van der Waals surface area contributed by atoms with E-state index in [0.29, 0.717) is 28.0 Å². The van der Waals surface area contributed by atoms with Gasteiger partial charge in [-0.05, 0) is 25.1 Å². The highest BCUT2D eigenvalue weighted by Crippen LogP contribution is 2.36. The summed E-state index contributed by atoms with van der Waals surface area (Å²) < 4.78 is 5.28. The summed E-state index contributed by atoms with van der Waals surface area (Å²) in [5, 5.41) is 0.865. The van der Waals surface area contributed by atoms with E-state index in [4.69, 9.17) is 4.74 Å². The van der Waals surface area contributed by atoms with Crippen LogP contribution in [0.15, 0.2) is 54.2 Å². The highest BCUT2D eigenvalue weighted by atomic mass is 16.5. The number of fused-ring (bicyclic) bond motifs is 2. The van der Waals surface area contributed by atoms with Crippen molar-refractivity contribution < 1.29 is 14.3 Å². The number of H-pyrrole nitrogens is 1. The molecule has 1 heterocycles. The van der Waals surface area contributed by atoms with Crippen LogP contribution in [0.1, 0.15) is 33.2 Å². The Labute approximate surface area is 138 Å². The molecule has 24 heavy (non-hydrogen) atoms. The Morgan fingerprint density at radius 2 is 1.62 bits per heavy atom. The molecule has 1 N–H and O–H groups in total. The van der Waals surface area contributed by atoms with E-state index < -0.39 is 0 Å². The zero-order chi connectivity index (χ0) is 16.8. The van der Waals surface area contributed by atoms with E-state index in [0.717, 1.165) is 16.5 Å². The molecule has 4 heteroatoms. The zero-order valence-corrected chi connectivity index (χ0v) is 13.3. The first-order valence-corrected chi connectivity index (χ1v) is 7.66. The first kappa shape index (κ1) is 14.5. The average molecular weight is 317 g/mol. The van der Waals surface area contributed by atoms with Crippen molar-refractivity contribution in [3.63, 3.8) is 0 Å². The molecule has 0 atom stereocenters. The monoisotopic (exact) mass is 317 g/mol. The molecule has 0 bridgehead atoms. The lowest BCUT2D eigenvalue weighted by molar-refractivity contribution is 0.0992. The van der Waals surface area contributed by atoms with Crippen LogP contribution < -0.4 is 4.74 Å². The number of Topliss-reactive ketones (excluding diaryl/α,β-unsaturated/α-hetero) is 2. The van der Waals surface area contributed by atoms with Gasteiger partial charge in [-0.15, -0.1) is 0 Å². The van der Waals surface area contributed by atoms with E-state index in [1.807, 2.05) is 18.2 Å². The standard InChI is InChI=1S/C20H15NO3/c1-11-18(20(23)14-6-4-3-5-13(14)19(11)22)16-10-21-17-8-7-12(24-2)9-15(16)17/h3-10,21H,1-2H3. The molecule has 0 saturated heterocycles. The number of rotatable bonds is 2. The van der Waals surface area contributed by atoms with Gasteiger partial charge < -0.3 is 9.72 Å². The van der Waals surface area contributed by atoms with Crippen molar-refractivity contribution >= 4 is 28.0 Å². The summed E-state index contributed by atoms with van der Waals surface area (Å²) in [5.41, 5.74) is 3.49. The smallest absolute Gasteiger partial charge is 0.194 e. The fraction of sp³-hybridized carbons (Fsp3) is 0.100. The molecule has 0 unspecified atom stereocenters. The topological polar surface area (TPSA) is 59.2 Å². The van der Waals surface area contributed by atoms with Crippen LogP contribution in [0.5, 0.6) is 5.75 Å². The molecule has 0 fully saturated rings. The number of aromatic nitrogens is 1. The number of ketones is 2. The number of carbonyl (C=O) groups excluding carboxylic acids is 2. The minimum absolute atomic E-state index is 0.0996. The van der Waals surface area contributed by atoms with E-state index >= 15 is 0 Å². The third-order valence-electron chi connectivity index (χ3n) is 4.52. The zero-order valence-electron chi connectivity index (χ0n) is 13.3. The molecule has 3 aromatic rings. The van der Waals surface area contributed by atoms with Crippen molar-refractivity contribution in [1.29, 1.82) is 0 Å². The molecule has 1 aliphatic carbocycles. The van der Waals surface area contributed by atoms with Crippen LogP contribution in [0.2, 0.25) is 0 Å². The predicted molar refractivity (Wildman–Crippen MR) is 92.5 cm³/mol. The van der Waals surface area contributed by atoms with Crippen molar-refractivity contribution in [2.75, 3.05) is 7.11 Å². The summed E-state index contributed by atoms with van der Waals surface area (Å²) in [5.74, 6) is 0.487. The van der Waals surface area contributed by atoms with Gasteiger partial charge in [0.1, 0.15) is 5.75 Å². The van der Waals surface area contributed by atoms with Gasteiger partial charge in [-0.25, -0.2) is 0 Å². The summed E-state index contributed by atoms with van der Waals surface area (Å²) in [6, 6.07) is 12.6. The van der Waals surface area contributed by atoms with Crippen LogP contribution >= 0.6 is 0 Å². The van der Waals surface area contributed by atoms with Gasteiger partial charge in [-0.3, -0.25) is 9.59 Å². The molecular weight excluding hydrogens is 302 g/mol. The Kier molecular flexibility index (Phi) is 3.13. The molecular formula is C20H15NO3. The number of aromatic amines is 1. The fourth-order valence-electron chi connectivity index (χ4n) is 3.26. The summed E-state index contributed by atoms with van der Waals surface area (Å²) in [6.07, 6.45) is 1.78. The van der Waals surface area contributed by atoms with E-state index in [1.54, 1.807) is 44.5 Å². The second kappa shape index (κ2) is 5.20. The molecule has 4 rings (SSSR count). The van der Waals surface area contributed by atoms with Crippen LogP contribution in [-0.4, -0.2) is 23.7 Å². The van der Waals surface area contributed by atoms with E-state index in [1.165, 1.54) is 0 Å². The van der Waals surface area contributed by atoms with Gasteiger partial charge in [0.2, 0.25) is 0 Å². The lowest BCUT2D eigenvalue weighted by Gasteiger charge is -2.18. The minimum atomic E-state index is -0.119. The average Bonchev–Trinajstić information content (AvgIpc) is 3.03. The molecule has 0 saturated carbocycles. The molecule has 0 amide bonds. The Hall–Kier alpha value is -3.14. The van der Waals surface area contributed by atoms with Crippen LogP contribution in [0.25, 0.3) is 16.5 Å². The summed E-state index contributed by atoms with van der Waals surface area (Å²) in [4.78, 5) is 28.9. The second-order valence-electron chi connectivity index (χ2n) is 5.82. The highest BCUT2D eigenvalue weighted by Gasteiger charge is 2.31. The molecule has 0 radical (unpaired) electrons. The molecule has 4 nitrogen and oxygen atoms in total. The fourth-order valence-corrected chi connectivity index (χ4v) is 3.26. The number of carbonyl (C=O) groups is 2. The summed E-state index contributed by atoms with van der Waals surface area (Å²) >= 11 is 0. The summed E-state index contributed by atoms with van der Waals surface area (Å²) in [7, 11) is 1.60. The number of benzene rings is 2. The lowest BCUT2D eigenvalue weighted by atomic mass is 9.82. The Bertz CT molecular complexity index is 1040. The first-order chi connectivity index (χ1) is 11.6. The quantitative estimate of drug-likeness (QED) is 0.776. The molecule has 1 aliphatic rings. The minimum Gasteiger partial charge on any atom is -0.497 e. The number of hydrogen-bond acceptors (Lipinski definition) is 3. The SMILES string of the molecule is COc1ccc2[nH]cc(C3=C(C)C(=O)c4ccccc4C3=O)c2c1. The third kappa shape index (κ3) is 1.93. The highest BCUT2D eigenvalue weighted by molar-refractivity contribution is 6.41. The molecule has 1 aromatic heterocycles. The van der Waals surface area contributed by atoms with Crippen LogP contribution in [0.4, 0.5) is 0 Å². The van der Waals surface area contributed by atoms with E-state index in [2.05, 4.69) is 4.98 Å². The van der Waals surface area contributed by atoms with Gasteiger partial charge in [0.25, 0.3) is 0 Å². The lowest BCUT2D eigenvalue weighted by Crippen LogP contribution is -2.19. The second-order valence-corrected chi connectivity index (χ2v) is 5.82. The van der Waals surface area contributed by atoms with Crippen molar-refractivity contribution in [1.82, 2.24) is 4.98 Å². The van der Waals surface area contributed by atoms with Crippen LogP contribution in [0.3, 0.4) is 0 Å². The number of ether oxygens (including phenoxy) is 1. The predicted octanol–water partition coefficient (Wildman–Crippen LogP) is 4.03. The van der Waals surface area contributed by atoms with Gasteiger partial charge in [0.15, 0.2) is 11.6 Å². The van der Waals surface area contributed by atoms with Crippen molar-refractivity contribution in [3.8, 4) is 5.75 Å². The number of nitrogens with one attached hydrogen (secondary N) is 1. The van der Waals surface area contributed by atoms with Gasteiger partial charge >= 0.3 is 0 Å². The van der Waals surface area contributed by atoms with Crippen molar-refractivity contribution in [3.05, 3.63) is 70.9 Å². The number of hydrogen-bond donors (Lipinski definition) is 1. The van der Waals surface area contributed by atoms with Gasteiger partial charge in [-0.1, -0.05) is 24.3 Å². The maximum Gasteiger partial charge on any atom is 0.194 e. The van der Waals surface area contributed by atoms with Crippen molar-refractivity contribution in [2.45, 2.75) is 6.92 Å². The van der Waals surface area contributed by atoms with Crippen molar-refractivity contribution in [2.24, 2.45) is 0 Å². The third-order valence-corrected chi connectivity index (χ3v) is 4.52. The molecule has 0 aliphatic heterocycles. The van der Waals surface area contributed by atoms with Crippen LogP contribution in [-0.2, 0) is 0 Å². The number of methoxy groups -OCH3 is 1. The summed E-state index contributed by atoms with van der Waals surface area (Å²) in [6.45, 7) is 1.71. The van der Waals surface area contributed by atoms with Crippen LogP contribution in [0, 0.1) is 0 Å². The normalized spacial score (nSPS) is 14.2. The molecule has 0 spiro atoms. The van der Waals surface area contributed by atoms with Gasteiger partial charge in [0, 0.05) is 44.9 Å². The maximum atomic E-state index is 13.0. The van der Waals surface area contributed by atoms with E-state index in [-0.39, 0.29) is 11.6 Å². The first-order valence-electron chi connectivity index (χ1n) is 7.66. The van der Waals surface area contributed by atoms with Gasteiger partial charge in [0.05, 0.1) is 7.11 Å². The number of allylic oxidation sites excluding steroid dienone is 2. The molecule has 118 valence electrons.